The lowest BCUT2D eigenvalue weighted by atomic mass is 9.83. The fourth-order valence-corrected chi connectivity index (χ4v) is 5.30. The van der Waals surface area contributed by atoms with Gasteiger partial charge in [-0.1, -0.05) is 31.9 Å². The van der Waals surface area contributed by atoms with Crippen molar-refractivity contribution in [3.63, 3.8) is 0 Å². The predicted molar refractivity (Wildman–Crippen MR) is 109 cm³/mol. The maximum Gasteiger partial charge on any atom is 0.183 e. The minimum absolute atomic E-state index is 0.524. The number of hydrogen-bond acceptors (Lipinski definition) is 3. The number of fused-ring (bicyclic) bond motifs is 3. The Bertz CT molecular complexity index is 951. The molecule has 1 saturated carbocycles. The third-order valence-corrected chi connectivity index (χ3v) is 6.89. The SMILES string of the molecule is CCc1nnc2n1CC(C1CCCC1)c1cnn(-c3ccccc3I)c1-2. The van der Waals surface area contributed by atoms with Crippen molar-refractivity contribution in [2.24, 2.45) is 5.92 Å². The first-order valence-corrected chi connectivity index (χ1v) is 10.6. The molecule has 2 aliphatic rings. The summed E-state index contributed by atoms with van der Waals surface area (Å²) in [7, 11) is 0. The minimum atomic E-state index is 0.524. The van der Waals surface area contributed by atoms with Gasteiger partial charge >= 0.3 is 0 Å². The van der Waals surface area contributed by atoms with Gasteiger partial charge in [0.05, 0.1) is 11.9 Å². The molecule has 1 aliphatic carbocycles. The molecule has 2 aromatic heterocycles. The van der Waals surface area contributed by atoms with Crippen molar-refractivity contribution in [1.82, 2.24) is 24.5 Å². The molecule has 1 aromatic carbocycles. The Morgan fingerprint density at radius 2 is 1.96 bits per heavy atom. The van der Waals surface area contributed by atoms with E-state index in [1.54, 1.807) is 0 Å². The summed E-state index contributed by atoms with van der Waals surface area (Å²) in [6, 6.07) is 8.41. The quantitative estimate of drug-likeness (QED) is 0.539. The third-order valence-electron chi connectivity index (χ3n) is 5.98. The maximum atomic E-state index is 4.82. The number of para-hydroxylation sites is 1. The van der Waals surface area contributed by atoms with Gasteiger partial charge in [0.2, 0.25) is 0 Å². The summed E-state index contributed by atoms with van der Waals surface area (Å²) in [5.41, 5.74) is 3.62. The van der Waals surface area contributed by atoms with Crippen molar-refractivity contribution in [2.75, 3.05) is 0 Å². The van der Waals surface area contributed by atoms with Crippen LogP contribution in [-0.4, -0.2) is 24.5 Å². The molecular formula is C20H22IN5. The van der Waals surface area contributed by atoms with E-state index < -0.39 is 0 Å². The minimum Gasteiger partial charge on any atom is -0.309 e. The summed E-state index contributed by atoms with van der Waals surface area (Å²) in [5, 5.41) is 13.9. The first-order valence-electron chi connectivity index (χ1n) is 9.53. The van der Waals surface area contributed by atoms with Crippen LogP contribution >= 0.6 is 22.6 Å². The maximum absolute atomic E-state index is 4.82. The molecule has 1 aliphatic heterocycles. The molecule has 26 heavy (non-hydrogen) atoms. The highest BCUT2D eigenvalue weighted by Crippen LogP contribution is 2.45. The second-order valence-corrected chi connectivity index (χ2v) is 8.53. The highest BCUT2D eigenvalue weighted by atomic mass is 127. The van der Waals surface area contributed by atoms with E-state index in [1.807, 2.05) is 0 Å². The second kappa shape index (κ2) is 6.48. The van der Waals surface area contributed by atoms with Crippen LogP contribution in [0.2, 0.25) is 0 Å². The summed E-state index contributed by atoms with van der Waals surface area (Å²) in [6.07, 6.45) is 8.38. The van der Waals surface area contributed by atoms with E-state index in [0.29, 0.717) is 5.92 Å². The lowest BCUT2D eigenvalue weighted by molar-refractivity contribution is 0.378. The van der Waals surface area contributed by atoms with Crippen LogP contribution in [0, 0.1) is 9.49 Å². The first kappa shape index (κ1) is 16.5. The molecule has 0 N–H and O–H groups in total. The van der Waals surface area contributed by atoms with Crippen LogP contribution in [0.15, 0.2) is 30.5 Å². The molecule has 0 spiro atoms. The average molecular weight is 459 g/mol. The predicted octanol–water partition coefficient (Wildman–Crippen LogP) is 4.59. The van der Waals surface area contributed by atoms with Crippen LogP contribution in [0.5, 0.6) is 0 Å². The van der Waals surface area contributed by atoms with Crippen molar-refractivity contribution in [3.8, 4) is 17.2 Å². The summed E-state index contributed by atoms with van der Waals surface area (Å²) in [6.45, 7) is 3.16. The number of rotatable bonds is 3. The standard InChI is InChI=1S/C20H22IN5/c1-2-18-23-24-20-19-14(15(12-25(18)20)13-7-3-4-8-13)11-22-26(19)17-10-6-5-9-16(17)21/h5-6,9-11,13,15H,2-4,7-8,12H2,1H3. The Morgan fingerprint density at radius 3 is 2.73 bits per heavy atom. The molecule has 0 amide bonds. The molecule has 3 heterocycles. The summed E-state index contributed by atoms with van der Waals surface area (Å²) in [4.78, 5) is 0. The number of aromatic nitrogens is 5. The fourth-order valence-electron chi connectivity index (χ4n) is 4.68. The first-order chi connectivity index (χ1) is 12.8. The molecule has 3 aromatic rings. The van der Waals surface area contributed by atoms with E-state index in [1.165, 1.54) is 34.8 Å². The Morgan fingerprint density at radius 1 is 1.15 bits per heavy atom. The molecular weight excluding hydrogens is 437 g/mol. The largest absolute Gasteiger partial charge is 0.309 e. The molecule has 0 bridgehead atoms. The van der Waals surface area contributed by atoms with Crippen molar-refractivity contribution in [2.45, 2.75) is 51.5 Å². The number of halogens is 1. The van der Waals surface area contributed by atoms with E-state index >= 15 is 0 Å². The van der Waals surface area contributed by atoms with Gasteiger partial charge in [0.15, 0.2) is 5.82 Å². The van der Waals surface area contributed by atoms with Crippen molar-refractivity contribution in [3.05, 3.63) is 45.4 Å². The number of benzene rings is 1. The zero-order chi connectivity index (χ0) is 17.7. The third kappa shape index (κ3) is 2.45. The van der Waals surface area contributed by atoms with E-state index in [2.05, 4.69) is 79.4 Å². The Labute approximate surface area is 167 Å². The van der Waals surface area contributed by atoms with Gasteiger partial charge in [-0.2, -0.15) is 5.10 Å². The van der Waals surface area contributed by atoms with Gasteiger partial charge in [-0.25, -0.2) is 4.68 Å². The number of aryl methyl sites for hydroxylation is 1. The molecule has 1 atom stereocenters. The topological polar surface area (TPSA) is 48.5 Å². The van der Waals surface area contributed by atoms with E-state index in [9.17, 15) is 0 Å². The molecule has 134 valence electrons. The molecule has 1 fully saturated rings. The van der Waals surface area contributed by atoms with Gasteiger partial charge in [-0.15, -0.1) is 10.2 Å². The van der Waals surface area contributed by atoms with Crippen LogP contribution in [0.1, 0.15) is 49.9 Å². The Balaban J connectivity index is 1.72. The highest BCUT2D eigenvalue weighted by Gasteiger charge is 2.37. The highest BCUT2D eigenvalue weighted by molar-refractivity contribution is 14.1. The summed E-state index contributed by atoms with van der Waals surface area (Å²) in [5.74, 6) is 3.34. The monoisotopic (exact) mass is 459 g/mol. The summed E-state index contributed by atoms with van der Waals surface area (Å²) < 4.78 is 5.62. The van der Waals surface area contributed by atoms with Gasteiger partial charge in [-0.3, -0.25) is 0 Å². The molecule has 6 heteroatoms. The van der Waals surface area contributed by atoms with E-state index in [-0.39, 0.29) is 0 Å². The van der Waals surface area contributed by atoms with Crippen LogP contribution in [0.3, 0.4) is 0 Å². The second-order valence-electron chi connectivity index (χ2n) is 7.37. The number of nitrogens with zero attached hydrogens (tertiary/aromatic N) is 5. The smallest absolute Gasteiger partial charge is 0.183 e. The number of hydrogen-bond donors (Lipinski definition) is 0. The van der Waals surface area contributed by atoms with Crippen LogP contribution in [-0.2, 0) is 13.0 Å². The fraction of sp³-hybridized carbons (Fsp3) is 0.450. The van der Waals surface area contributed by atoms with Gasteiger partial charge < -0.3 is 4.57 Å². The summed E-state index contributed by atoms with van der Waals surface area (Å²) >= 11 is 2.39. The van der Waals surface area contributed by atoms with Crippen LogP contribution in [0.4, 0.5) is 0 Å². The molecule has 0 radical (unpaired) electrons. The van der Waals surface area contributed by atoms with Crippen LogP contribution < -0.4 is 0 Å². The Hall–Kier alpha value is -1.70. The van der Waals surface area contributed by atoms with Gasteiger partial charge in [0, 0.05) is 28.0 Å². The normalized spacial score (nSPS) is 19.5. The van der Waals surface area contributed by atoms with E-state index in [4.69, 9.17) is 5.10 Å². The Kier molecular flexibility index (Phi) is 4.10. The lowest BCUT2D eigenvalue weighted by Gasteiger charge is -2.29. The van der Waals surface area contributed by atoms with Crippen molar-refractivity contribution < 1.29 is 0 Å². The molecule has 5 rings (SSSR count). The van der Waals surface area contributed by atoms with Gasteiger partial charge in [0.25, 0.3) is 0 Å². The van der Waals surface area contributed by atoms with Crippen LogP contribution in [0.25, 0.3) is 17.2 Å². The molecule has 0 saturated heterocycles. The zero-order valence-electron chi connectivity index (χ0n) is 14.9. The van der Waals surface area contributed by atoms with Gasteiger partial charge in [0.1, 0.15) is 11.5 Å². The molecule has 5 nitrogen and oxygen atoms in total. The zero-order valence-corrected chi connectivity index (χ0v) is 17.1. The van der Waals surface area contributed by atoms with E-state index in [0.717, 1.165) is 41.9 Å². The van der Waals surface area contributed by atoms with Crippen molar-refractivity contribution >= 4 is 22.6 Å². The van der Waals surface area contributed by atoms with Crippen molar-refractivity contribution in [1.29, 1.82) is 0 Å². The molecule has 1 unspecified atom stereocenters. The lowest BCUT2D eigenvalue weighted by Crippen LogP contribution is -2.24. The van der Waals surface area contributed by atoms with Gasteiger partial charge in [-0.05, 0) is 53.5 Å². The average Bonchev–Trinajstić information content (AvgIpc) is 3.39.